The first kappa shape index (κ1) is 15.2. The smallest absolute Gasteiger partial charge is 0.315 e. The van der Waals surface area contributed by atoms with Crippen molar-refractivity contribution >= 4 is 23.6 Å². The lowest BCUT2D eigenvalue weighted by molar-refractivity contribution is -0.137. The van der Waals surface area contributed by atoms with Crippen molar-refractivity contribution in [2.75, 3.05) is 25.2 Å². The minimum atomic E-state index is -0.421. The number of carbonyl (C=O) groups excluding carboxylic acids is 2. The lowest BCUT2D eigenvalue weighted by atomic mass is 10.2. The van der Waals surface area contributed by atoms with E-state index in [1.165, 1.54) is 18.9 Å². The van der Waals surface area contributed by atoms with Gasteiger partial charge >= 0.3 is 5.97 Å². The van der Waals surface area contributed by atoms with E-state index in [9.17, 15) is 9.59 Å². The van der Waals surface area contributed by atoms with Crippen molar-refractivity contribution in [1.82, 2.24) is 5.32 Å². The van der Waals surface area contributed by atoms with Crippen LogP contribution in [-0.2, 0) is 14.3 Å². The van der Waals surface area contributed by atoms with Crippen molar-refractivity contribution < 1.29 is 14.3 Å². The second kappa shape index (κ2) is 9.47. The summed E-state index contributed by atoms with van der Waals surface area (Å²) in [5, 5.41) is 2.72. The molecule has 0 heterocycles. The van der Waals surface area contributed by atoms with E-state index < -0.39 is 6.04 Å². The minimum Gasteiger partial charge on any atom is -0.468 e. The van der Waals surface area contributed by atoms with E-state index in [1.807, 2.05) is 6.92 Å². The molecule has 0 fully saturated rings. The molecule has 0 aliphatic carbocycles. The lowest BCUT2D eigenvalue weighted by Crippen LogP contribution is -2.41. The molecule has 0 rings (SSSR count). The van der Waals surface area contributed by atoms with Crippen LogP contribution in [0.2, 0.25) is 0 Å². The number of esters is 1. The molecule has 0 saturated heterocycles. The maximum Gasteiger partial charge on any atom is 0.315 e. The fraction of sp³-hybridized carbons (Fsp3) is 0.800. The van der Waals surface area contributed by atoms with Crippen LogP contribution in [0.1, 0.15) is 19.8 Å². The van der Waals surface area contributed by atoms with Crippen LogP contribution in [0.4, 0.5) is 0 Å². The summed E-state index contributed by atoms with van der Waals surface area (Å²) < 4.78 is 4.48. The number of carbonyl (C=O) groups is 2. The Morgan fingerprint density at radius 2 is 2.19 bits per heavy atom. The van der Waals surface area contributed by atoms with Crippen molar-refractivity contribution in [3.63, 3.8) is 0 Å². The molecular weight excluding hydrogens is 228 g/mol. The summed E-state index contributed by atoms with van der Waals surface area (Å²) in [5.74, 6) is 0.618. The average Bonchev–Trinajstić information content (AvgIpc) is 2.28. The first-order chi connectivity index (χ1) is 7.61. The predicted molar refractivity (Wildman–Crippen MR) is 65.2 cm³/mol. The standard InChI is InChI=1S/C10H20N2O3S/c1-3-4-8(11)10(14)12-5-6-16-7-9(13)15-2/h8H,3-7,11H2,1-2H3,(H,12,14). The normalized spacial score (nSPS) is 11.9. The molecule has 0 radical (unpaired) electrons. The molecule has 0 spiro atoms. The van der Waals surface area contributed by atoms with Crippen molar-refractivity contribution in [2.45, 2.75) is 25.8 Å². The van der Waals surface area contributed by atoms with Gasteiger partial charge in [-0.2, -0.15) is 0 Å². The molecule has 0 aromatic carbocycles. The number of thioether (sulfide) groups is 1. The highest BCUT2D eigenvalue weighted by atomic mass is 32.2. The van der Waals surface area contributed by atoms with Crippen LogP contribution in [0.5, 0.6) is 0 Å². The summed E-state index contributed by atoms with van der Waals surface area (Å²) in [4.78, 5) is 22.1. The fourth-order valence-electron chi connectivity index (χ4n) is 1.03. The third-order valence-corrected chi connectivity index (χ3v) is 2.86. The molecule has 16 heavy (non-hydrogen) atoms. The third-order valence-electron chi connectivity index (χ3n) is 1.93. The third kappa shape index (κ3) is 7.53. The fourth-order valence-corrected chi connectivity index (χ4v) is 1.71. The Hall–Kier alpha value is -0.750. The number of hydrogen-bond acceptors (Lipinski definition) is 5. The summed E-state index contributed by atoms with van der Waals surface area (Å²) in [7, 11) is 1.36. The largest absolute Gasteiger partial charge is 0.468 e. The summed E-state index contributed by atoms with van der Waals surface area (Å²) in [6.07, 6.45) is 1.59. The van der Waals surface area contributed by atoms with Gasteiger partial charge < -0.3 is 15.8 Å². The Morgan fingerprint density at radius 1 is 1.50 bits per heavy atom. The van der Waals surface area contributed by atoms with E-state index in [-0.39, 0.29) is 11.9 Å². The number of methoxy groups -OCH3 is 1. The zero-order valence-corrected chi connectivity index (χ0v) is 10.6. The van der Waals surface area contributed by atoms with Crippen molar-refractivity contribution in [3.05, 3.63) is 0 Å². The highest BCUT2D eigenvalue weighted by Gasteiger charge is 2.10. The maximum absolute atomic E-state index is 11.3. The molecule has 0 saturated carbocycles. The van der Waals surface area contributed by atoms with Gasteiger partial charge in [-0.05, 0) is 6.42 Å². The number of amides is 1. The van der Waals surface area contributed by atoms with E-state index in [2.05, 4.69) is 10.1 Å². The topological polar surface area (TPSA) is 81.4 Å². The second-order valence-corrected chi connectivity index (χ2v) is 4.42. The van der Waals surface area contributed by atoms with Gasteiger partial charge in [-0.3, -0.25) is 9.59 Å². The SMILES string of the molecule is CCCC(N)C(=O)NCCSCC(=O)OC. The number of hydrogen-bond donors (Lipinski definition) is 2. The summed E-state index contributed by atoms with van der Waals surface area (Å²) >= 11 is 1.42. The maximum atomic E-state index is 11.3. The minimum absolute atomic E-state index is 0.125. The molecule has 1 atom stereocenters. The Bertz CT molecular complexity index is 224. The van der Waals surface area contributed by atoms with Crippen molar-refractivity contribution in [1.29, 1.82) is 0 Å². The van der Waals surface area contributed by atoms with Gasteiger partial charge in [-0.1, -0.05) is 13.3 Å². The zero-order chi connectivity index (χ0) is 12.4. The highest BCUT2D eigenvalue weighted by Crippen LogP contribution is 1.99. The van der Waals surface area contributed by atoms with Crippen LogP contribution in [0.15, 0.2) is 0 Å². The first-order valence-corrected chi connectivity index (χ1v) is 6.45. The van der Waals surface area contributed by atoms with Crippen molar-refractivity contribution in [3.8, 4) is 0 Å². The summed E-state index contributed by atoms with van der Waals surface area (Å²) in [5.41, 5.74) is 5.62. The van der Waals surface area contributed by atoms with Gasteiger partial charge in [0.2, 0.25) is 5.91 Å². The number of nitrogens with two attached hydrogens (primary N) is 1. The molecule has 0 bridgehead atoms. The quantitative estimate of drug-likeness (QED) is 0.471. The molecule has 3 N–H and O–H groups in total. The highest BCUT2D eigenvalue weighted by molar-refractivity contribution is 7.99. The zero-order valence-electron chi connectivity index (χ0n) is 9.82. The van der Waals surface area contributed by atoms with Crippen LogP contribution in [0.25, 0.3) is 0 Å². The van der Waals surface area contributed by atoms with E-state index >= 15 is 0 Å². The molecule has 6 heteroatoms. The van der Waals surface area contributed by atoms with Gasteiger partial charge in [0.1, 0.15) is 0 Å². The molecule has 0 aromatic heterocycles. The van der Waals surface area contributed by atoms with Gasteiger partial charge in [0.25, 0.3) is 0 Å². The lowest BCUT2D eigenvalue weighted by Gasteiger charge is -2.10. The number of nitrogens with one attached hydrogen (secondary N) is 1. The Labute approximate surface area is 100 Å². The first-order valence-electron chi connectivity index (χ1n) is 5.29. The molecule has 0 aromatic rings. The molecule has 94 valence electrons. The van der Waals surface area contributed by atoms with Gasteiger partial charge in [0.15, 0.2) is 0 Å². The summed E-state index contributed by atoms with van der Waals surface area (Å²) in [6, 6.07) is -0.421. The van der Waals surface area contributed by atoms with Crippen LogP contribution in [0, 0.1) is 0 Å². The van der Waals surface area contributed by atoms with E-state index in [1.54, 1.807) is 0 Å². The van der Waals surface area contributed by atoms with Gasteiger partial charge in [-0.25, -0.2) is 0 Å². The predicted octanol–water partition coefficient (Wildman–Crippen LogP) is 0.136. The average molecular weight is 248 g/mol. The Balaban J connectivity index is 3.44. The van der Waals surface area contributed by atoms with Crippen LogP contribution in [0.3, 0.4) is 0 Å². The molecule has 1 unspecified atom stereocenters. The van der Waals surface area contributed by atoms with Gasteiger partial charge in [-0.15, -0.1) is 11.8 Å². The van der Waals surface area contributed by atoms with Crippen LogP contribution in [-0.4, -0.2) is 43.1 Å². The van der Waals surface area contributed by atoms with E-state index in [4.69, 9.17) is 5.73 Å². The van der Waals surface area contributed by atoms with E-state index in [0.717, 1.165) is 6.42 Å². The molecular formula is C10H20N2O3S. The molecule has 1 amide bonds. The Morgan fingerprint density at radius 3 is 2.75 bits per heavy atom. The van der Waals surface area contributed by atoms with Crippen molar-refractivity contribution in [2.24, 2.45) is 5.73 Å². The number of ether oxygens (including phenoxy) is 1. The second-order valence-electron chi connectivity index (χ2n) is 3.31. The van der Waals surface area contributed by atoms with Crippen LogP contribution < -0.4 is 11.1 Å². The Kier molecular flexibility index (Phi) is 9.03. The number of rotatable bonds is 8. The molecule has 0 aliphatic rings. The molecule has 5 nitrogen and oxygen atoms in total. The monoisotopic (exact) mass is 248 g/mol. The summed E-state index contributed by atoms with van der Waals surface area (Å²) in [6.45, 7) is 2.51. The van der Waals surface area contributed by atoms with Crippen LogP contribution >= 0.6 is 11.8 Å². The van der Waals surface area contributed by atoms with Gasteiger partial charge in [0.05, 0.1) is 18.9 Å². The van der Waals surface area contributed by atoms with Gasteiger partial charge in [0, 0.05) is 12.3 Å². The van der Waals surface area contributed by atoms with E-state index in [0.29, 0.717) is 24.5 Å². The molecule has 0 aliphatic heterocycles.